The summed E-state index contributed by atoms with van der Waals surface area (Å²) in [7, 11) is 0. The molecule has 5 heteroatoms. The van der Waals surface area contributed by atoms with Crippen LogP contribution in [0, 0.1) is 6.92 Å². The molecule has 4 nitrogen and oxygen atoms in total. The lowest BCUT2D eigenvalue weighted by Crippen LogP contribution is -2.39. The van der Waals surface area contributed by atoms with Crippen LogP contribution >= 0.6 is 24.0 Å². The number of nitrogens with one attached hydrogen (secondary N) is 2. The van der Waals surface area contributed by atoms with Crippen molar-refractivity contribution in [3.63, 3.8) is 0 Å². The number of aryl methyl sites for hydroxylation is 1. The average Bonchev–Trinajstić information content (AvgIpc) is 3.15. The third-order valence-electron chi connectivity index (χ3n) is 4.39. The highest BCUT2D eigenvalue weighted by Crippen LogP contribution is 2.22. The Kier molecular flexibility index (Phi) is 6.74. The molecule has 126 valence electrons. The molecule has 0 atom stereocenters. The van der Waals surface area contributed by atoms with Crippen molar-refractivity contribution in [1.29, 1.82) is 0 Å². The highest BCUT2D eigenvalue weighted by Gasteiger charge is 2.15. The second kappa shape index (κ2) is 8.57. The molecule has 0 aliphatic carbocycles. The molecular weight excluding hydrogens is 399 g/mol. The van der Waals surface area contributed by atoms with Crippen LogP contribution in [0.4, 0.5) is 0 Å². The van der Waals surface area contributed by atoms with E-state index in [0.717, 1.165) is 38.6 Å². The lowest BCUT2D eigenvalue weighted by molar-refractivity contribution is 0.494. The van der Waals surface area contributed by atoms with Crippen LogP contribution < -0.4 is 5.32 Å². The van der Waals surface area contributed by atoms with Gasteiger partial charge in [-0.15, -0.1) is 24.0 Å². The van der Waals surface area contributed by atoms with Crippen LogP contribution in [0.5, 0.6) is 0 Å². The summed E-state index contributed by atoms with van der Waals surface area (Å²) in [6.07, 6.45) is 3.55. The lowest BCUT2D eigenvalue weighted by Gasteiger charge is -2.20. The van der Waals surface area contributed by atoms with Gasteiger partial charge >= 0.3 is 0 Å². The van der Waals surface area contributed by atoms with E-state index >= 15 is 0 Å². The molecule has 1 aromatic heterocycles. The predicted octanol–water partition coefficient (Wildman–Crippen LogP) is 3.70. The van der Waals surface area contributed by atoms with Crippen LogP contribution in [0.1, 0.15) is 31.0 Å². The maximum absolute atomic E-state index is 4.84. The van der Waals surface area contributed by atoms with Crippen LogP contribution in [0.2, 0.25) is 0 Å². The van der Waals surface area contributed by atoms with Crippen molar-refractivity contribution in [2.45, 2.75) is 33.1 Å². The lowest BCUT2D eigenvalue weighted by atomic mass is 10.1. The molecule has 1 aromatic carbocycles. The van der Waals surface area contributed by atoms with E-state index in [1.807, 2.05) is 0 Å². The van der Waals surface area contributed by atoms with Crippen molar-refractivity contribution >= 4 is 40.8 Å². The Labute approximate surface area is 155 Å². The van der Waals surface area contributed by atoms with Crippen molar-refractivity contribution in [3.05, 3.63) is 35.5 Å². The van der Waals surface area contributed by atoms with Gasteiger partial charge in [0.15, 0.2) is 5.96 Å². The first-order chi connectivity index (χ1) is 10.8. The van der Waals surface area contributed by atoms with Gasteiger partial charge < -0.3 is 15.2 Å². The number of benzene rings is 1. The van der Waals surface area contributed by atoms with Gasteiger partial charge in [0.2, 0.25) is 0 Å². The Morgan fingerprint density at radius 2 is 2.00 bits per heavy atom. The van der Waals surface area contributed by atoms with Gasteiger partial charge in [-0.25, -0.2) is 0 Å². The normalized spacial score (nSPS) is 15.0. The first-order valence-corrected chi connectivity index (χ1v) is 8.39. The summed E-state index contributed by atoms with van der Waals surface area (Å²) in [5.41, 5.74) is 3.89. The summed E-state index contributed by atoms with van der Waals surface area (Å²) in [6, 6.07) is 8.53. The van der Waals surface area contributed by atoms with Crippen LogP contribution in [-0.4, -0.2) is 42.0 Å². The third kappa shape index (κ3) is 4.19. The van der Waals surface area contributed by atoms with Crippen molar-refractivity contribution in [2.24, 2.45) is 4.99 Å². The molecule has 23 heavy (non-hydrogen) atoms. The minimum Gasteiger partial charge on any atom is -0.358 e. The molecule has 0 bridgehead atoms. The van der Waals surface area contributed by atoms with Crippen LogP contribution in [-0.2, 0) is 6.42 Å². The summed E-state index contributed by atoms with van der Waals surface area (Å²) in [4.78, 5) is 10.7. The molecule has 2 N–H and O–H groups in total. The zero-order chi connectivity index (χ0) is 15.4. The average molecular weight is 426 g/mol. The number of nitrogens with zero attached hydrogens (tertiary/aromatic N) is 2. The molecule has 0 saturated carbocycles. The molecular formula is C18H27IN4. The smallest absolute Gasteiger partial charge is 0.193 e. The largest absolute Gasteiger partial charge is 0.358 e. The number of halogens is 1. The molecule has 0 spiro atoms. The Morgan fingerprint density at radius 3 is 2.74 bits per heavy atom. The topological polar surface area (TPSA) is 43.4 Å². The van der Waals surface area contributed by atoms with E-state index in [9.17, 15) is 0 Å². The van der Waals surface area contributed by atoms with Gasteiger partial charge in [-0.2, -0.15) is 0 Å². The van der Waals surface area contributed by atoms with E-state index in [2.05, 4.69) is 53.3 Å². The number of likely N-dealkylation sites (tertiary alicyclic amines) is 1. The monoisotopic (exact) mass is 426 g/mol. The zero-order valence-corrected chi connectivity index (χ0v) is 16.4. The second-order valence-electron chi connectivity index (χ2n) is 5.95. The molecule has 2 heterocycles. The molecule has 3 rings (SSSR count). The van der Waals surface area contributed by atoms with Crippen LogP contribution in [0.25, 0.3) is 10.9 Å². The number of H-pyrrole nitrogens is 1. The molecule has 1 aliphatic rings. The molecule has 2 aromatic rings. The number of aromatic amines is 1. The van der Waals surface area contributed by atoms with E-state index < -0.39 is 0 Å². The van der Waals surface area contributed by atoms with Gasteiger partial charge in [0.1, 0.15) is 0 Å². The Morgan fingerprint density at radius 1 is 1.26 bits per heavy atom. The number of aromatic nitrogens is 1. The number of para-hydroxylation sites is 1. The maximum Gasteiger partial charge on any atom is 0.193 e. The molecule has 0 unspecified atom stereocenters. The zero-order valence-electron chi connectivity index (χ0n) is 14.1. The van der Waals surface area contributed by atoms with Gasteiger partial charge in [-0.1, -0.05) is 18.2 Å². The summed E-state index contributed by atoms with van der Waals surface area (Å²) in [5, 5.41) is 4.76. The number of aliphatic imine (C=N–C) groups is 1. The number of hydrogen-bond donors (Lipinski definition) is 2. The van der Waals surface area contributed by atoms with E-state index in [4.69, 9.17) is 4.99 Å². The van der Waals surface area contributed by atoms with E-state index in [1.165, 1.54) is 35.0 Å². The van der Waals surface area contributed by atoms with Gasteiger partial charge in [0.05, 0.1) is 0 Å². The Bertz CT molecular complexity index is 656. The fourth-order valence-corrected chi connectivity index (χ4v) is 3.29. The van der Waals surface area contributed by atoms with E-state index in [-0.39, 0.29) is 24.0 Å². The quantitative estimate of drug-likeness (QED) is 0.445. The second-order valence-corrected chi connectivity index (χ2v) is 5.95. The van der Waals surface area contributed by atoms with Crippen LogP contribution in [0.15, 0.2) is 29.3 Å². The summed E-state index contributed by atoms with van der Waals surface area (Å²) in [5.74, 6) is 1.08. The number of hydrogen-bond acceptors (Lipinski definition) is 1. The predicted molar refractivity (Wildman–Crippen MR) is 109 cm³/mol. The van der Waals surface area contributed by atoms with Gasteiger partial charge in [0, 0.05) is 42.8 Å². The molecule has 1 aliphatic heterocycles. The van der Waals surface area contributed by atoms with Crippen molar-refractivity contribution < 1.29 is 0 Å². The number of fused-ring (bicyclic) bond motifs is 1. The van der Waals surface area contributed by atoms with Gasteiger partial charge in [-0.05, 0) is 44.7 Å². The van der Waals surface area contributed by atoms with Gasteiger partial charge in [-0.3, -0.25) is 4.99 Å². The molecule has 1 fully saturated rings. The fraction of sp³-hybridized carbons (Fsp3) is 0.500. The molecule has 1 saturated heterocycles. The van der Waals surface area contributed by atoms with Gasteiger partial charge in [0.25, 0.3) is 0 Å². The number of rotatable bonds is 4. The summed E-state index contributed by atoms with van der Waals surface area (Å²) >= 11 is 0. The molecule has 0 radical (unpaired) electrons. The van der Waals surface area contributed by atoms with Crippen molar-refractivity contribution in [3.8, 4) is 0 Å². The Hall–Kier alpha value is -1.24. The summed E-state index contributed by atoms with van der Waals surface area (Å²) < 4.78 is 0. The van der Waals surface area contributed by atoms with E-state index in [1.54, 1.807) is 0 Å². The highest BCUT2D eigenvalue weighted by molar-refractivity contribution is 14.0. The fourth-order valence-electron chi connectivity index (χ4n) is 3.29. The first kappa shape index (κ1) is 18.1. The third-order valence-corrected chi connectivity index (χ3v) is 4.39. The minimum atomic E-state index is 0. The highest BCUT2D eigenvalue weighted by atomic mass is 127. The Balaban J connectivity index is 0.00000192. The minimum absolute atomic E-state index is 0. The standard InChI is InChI=1S/C18H26N4.HI/c1-3-19-18(22-12-6-7-13-22)20-11-10-15-14(2)21-17-9-5-4-8-16(15)17;/h4-5,8-9,21H,3,6-7,10-13H2,1-2H3,(H,19,20);1H. The first-order valence-electron chi connectivity index (χ1n) is 8.39. The van der Waals surface area contributed by atoms with Crippen molar-refractivity contribution in [2.75, 3.05) is 26.2 Å². The summed E-state index contributed by atoms with van der Waals surface area (Å²) in [6.45, 7) is 8.33. The number of guanidine groups is 1. The van der Waals surface area contributed by atoms with Crippen LogP contribution in [0.3, 0.4) is 0 Å². The SMILES string of the molecule is CCNC(=NCCc1c(C)[nH]c2ccccc12)N1CCCC1.I. The maximum atomic E-state index is 4.84. The molecule has 0 amide bonds. The van der Waals surface area contributed by atoms with E-state index in [0.29, 0.717) is 0 Å². The van der Waals surface area contributed by atoms with Crippen molar-refractivity contribution in [1.82, 2.24) is 15.2 Å².